The molecule has 29 heavy (non-hydrogen) atoms. The second kappa shape index (κ2) is 8.48. The predicted octanol–water partition coefficient (Wildman–Crippen LogP) is 3.18. The molecule has 0 saturated carbocycles. The molecule has 1 aliphatic heterocycles. The van der Waals surface area contributed by atoms with Crippen LogP contribution in [-0.4, -0.2) is 61.4 Å². The van der Waals surface area contributed by atoms with Gasteiger partial charge in [-0.3, -0.25) is 4.79 Å². The number of piperazine rings is 1. The van der Waals surface area contributed by atoms with Gasteiger partial charge in [0.15, 0.2) is 5.82 Å². The largest absolute Gasteiger partial charge is 0.497 e. The third-order valence-electron chi connectivity index (χ3n) is 4.91. The zero-order valence-electron chi connectivity index (χ0n) is 16.4. The van der Waals surface area contributed by atoms with Crippen molar-refractivity contribution in [2.75, 3.05) is 45.3 Å². The zero-order chi connectivity index (χ0) is 20.2. The van der Waals surface area contributed by atoms with E-state index in [-0.39, 0.29) is 5.91 Å². The molecule has 0 aliphatic carbocycles. The van der Waals surface area contributed by atoms with Crippen LogP contribution in [0.2, 0.25) is 0 Å². The van der Waals surface area contributed by atoms with Crippen LogP contribution >= 0.6 is 11.3 Å². The highest BCUT2D eigenvalue weighted by atomic mass is 32.1. The van der Waals surface area contributed by atoms with Crippen LogP contribution in [0, 0.1) is 0 Å². The first kappa shape index (κ1) is 19.2. The van der Waals surface area contributed by atoms with E-state index in [2.05, 4.69) is 15.1 Å². The van der Waals surface area contributed by atoms with Crippen LogP contribution in [0.4, 0.5) is 5.82 Å². The van der Waals surface area contributed by atoms with E-state index >= 15 is 0 Å². The molecule has 0 atom stereocenters. The Morgan fingerprint density at radius 1 is 0.966 bits per heavy atom. The van der Waals surface area contributed by atoms with E-state index < -0.39 is 0 Å². The Morgan fingerprint density at radius 3 is 2.24 bits per heavy atom. The Bertz CT molecular complexity index is 946. The van der Waals surface area contributed by atoms with Gasteiger partial charge in [-0.25, -0.2) is 0 Å². The first-order chi connectivity index (χ1) is 14.2. The Balaban J connectivity index is 1.41. The molecule has 1 aliphatic rings. The van der Waals surface area contributed by atoms with Crippen LogP contribution in [0.5, 0.6) is 11.5 Å². The highest BCUT2D eigenvalue weighted by Gasteiger charge is 2.24. The molecule has 1 saturated heterocycles. The smallest absolute Gasteiger partial charge is 0.254 e. The van der Waals surface area contributed by atoms with Crippen LogP contribution in [0.25, 0.3) is 10.6 Å². The second-order valence-corrected chi connectivity index (χ2v) is 7.58. The molecule has 8 heteroatoms. The summed E-state index contributed by atoms with van der Waals surface area (Å²) < 4.78 is 10.5. The summed E-state index contributed by atoms with van der Waals surface area (Å²) in [6, 6.07) is 13.3. The number of ether oxygens (including phenoxy) is 2. The Morgan fingerprint density at radius 2 is 1.69 bits per heavy atom. The van der Waals surface area contributed by atoms with Crippen LogP contribution in [0.15, 0.2) is 47.8 Å². The van der Waals surface area contributed by atoms with E-state index in [1.165, 1.54) is 0 Å². The van der Waals surface area contributed by atoms with Gasteiger partial charge in [0.25, 0.3) is 5.91 Å². The van der Waals surface area contributed by atoms with Crippen LogP contribution in [0.1, 0.15) is 10.4 Å². The van der Waals surface area contributed by atoms with Crippen molar-refractivity contribution in [3.63, 3.8) is 0 Å². The number of rotatable bonds is 5. The number of aromatic nitrogens is 2. The number of methoxy groups -OCH3 is 2. The van der Waals surface area contributed by atoms with Gasteiger partial charge in [-0.15, -0.1) is 21.5 Å². The minimum absolute atomic E-state index is 0.0269. The third-order valence-corrected chi connectivity index (χ3v) is 5.81. The van der Waals surface area contributed by atoms with Crippen LogP contribution in [0.3, 0.4) is 0 Å². The fraction of sp³-hybridized carbons (Fsp3) is 0.286. The van der Waals surface area contributed by atoms with Gasteiger partial charge in [-0.1, -0.05) is 6.07 Å². The van der Waals surface area contributed by atoms with Gasteiger partial charge in [-0.2, -0.15) is 0 Å². The molecule has 1 aromatic carbocycles. The Kier molecular flexibility index (Phi) is 5.62. The number of carbonyl (C=O) groups excluding carboxylic acids is 1. The van der Waals surface area contributed by atoms with E-state index in [9.17, 15) is 4.79 Å². The number of thiophene rings is 1. The normalized spacial score (nSPS) is 14.0. The highest BCUT2D eigenvalue weighted by molar-refractivity contribution is 7.13. The summed E-state index contributed by atoms with van der Waals surface area (Å²) >= 11 is 1.65. The van der Waals surface area contributed by atoms with Crippen LogP contribution < -0.4 is 14.4 Å². The van der Waals surface area contributed by atoms with E-state index in [0.717, 1.165) is 16.4 Å². The van der Waals surface area contributed by atoms with Crippen LogP contribution in [-0.2, 0) is 0 Å². The summed E-state index contributed by atoms with van der Waals surface area (Å²) in [6.45, 7) is 2.65. The fourth-order valence-corrected chi connectivity index (χ4v) is 3.99. The standard InChI is InChI=1S/C21H22N4O3S/c1-27-16-12-15(13-17(14-16)28-2)21(26)25-9-7-24(8-10-25)20-6-5-18(22-23-20)19-4-3-11-29-19/h3-6,11-14H,7-10H2,1-2H3. The van der Waals surface area contributed by atoms with Gasteiger partial charge in [0.2, 0.25) is 0 Å². The molecule has 0 bridgehead atoms. The summed E-state index contributed by atoms with van der Waals surface area (Å²) in [5, 5.41) is 10.8. The lowest BCUT2D eigenvalue weighted by atomic mass is 10.1. The molecule has 0 radical (unpaired) electrons. The van der Waals surface area contributed by atoms with Crippen molar-refractivity contribution in [3.8, 4) is 22.1 Å². The maximum atomic E-state index is 12.9. The van der Waals surface area contributed by atoms with E-state index in [0.29, 0.717) is 43.2 Å². The summed E-state index contributed by atoms with van der Waals surface area (Å²) in [7, 11) is 3.15. The maximum Gasteiger partial charge on any atom is 0.254 e. The van der Waals surface area contributed by atoms with Crippen molar-refractivity contribution in [2.24, 2.45) is 0 Å². The molecule has 0 spiro atoms. The number of nitrogens with zero attached hydrogens (tertiary/aromatic N) is 4. The van der Waals surface area contributed by atoms with Crippen molar-refractivity contribution < 1.29 is 14.3 Å². The quantitative estimate of drug-likeness (QED) is 0.644. The first-order valence-corrected chi connectivity index (χ1v) is 10.2. The number of benzene rings is 1. The molecule has 2 aromatic heterocycles. The van der Waals surface area contributed by atoms with Crippen molar-refractivity contribution >= 4 is 23.1 Å². The number of amides is 1. The average molecular weight is 410 g/mol. The number of anilines is 1. The summed E-state index contributed by atoms with van der Waals surface area (Å²) in [4.78, 5) is 18.0. The van der Waals surface area contributed by atoms with Crippen molar-refractivity contribution in [1.29, 1.82) is 0 Å². The maximum absolute atomic E-state index is 12.9. The monoisotopic (exact) mass is 410 g/mol. The average Bonchev–Trinajstić information content (AvgIpc) is 3.33. The van der Waals surface area contributed by atoms with E-state index in [1.54, 1.807) is 43.8 Å². The molecule has 0 N–H and O–H groups in total. The molecule has 7 nitrogen and oxygen atoms in total. The lowest BCUT2D eigenvalue weighted by Gasteiger charge is -2.35. The molecular weight excluding hydrogens is 388 g/mol. The van der Waals surface area contributed by atoms with Gasteiger partial charge < -0.3 is 19.3 Å². The number of hydrogen-bond acceptors (Lipinski definition) is 7. The predicted molar refractivity (Wildman–Crippen MR) is 113 cm³/mol. The number of carbonyl (C=O) groups is 1. The molecule has 150 valence electrons. The molecule has 3 heterocycles. The number of hydrogen-bond donors (Lipinski definition) is 0. The summed E-state index contributed by atoms with van der Waals surface area (Å²) in [6.07, 6.45) is 0. The van der Waals surface area contributed by atoms with Gasteiger partial charge in [0.1, 0.15) is 17.2 Å². The Hall–Kier alpha value is -3.13. The summed E-state index contributed by atoms with van der Waals surface area (Å²) in [5.41, 5.74) is 1.44. The molecule has 0 unspecified atom stereocenters. The van der Waals surface area contributed by atoms with E-state index in [4.69, 9.17) is 9.47 Å². The van der Waals surface area contributed by atoms with Gasteiger partial charge >= 0.3 is 0 Å². The van der Waals surface area contributed by atoms with Gasteiger partial charge in [-0.05, 0) is 35.7 Å². The fourth-order valence-electron chi connectivity index (χ4n) is 3.30. The second-order valence-electron chi connectivity index (χ2n) is 6.63. The summed E-state index contributed by atoms with van der Waals surface area (Å²) in [5.74, 6) is 2.02. The van der Waals surface area contributed by atoms with E-state index in [1.807, 2.05) is 34.5 Å². The van der Waals surface area contributed by atoms with Gasteiger partial charge in [0, 0.05) is 37.8 Å². The minimum atomic E-state index is -0.0269. The third kappa shape index (κ3) is 4.17. The molecular formula is C21H22N4O3S. The SMILES string of the molecule is COc1cc(OC)cc(C(=O)N2CCN(c3ccc(-c4cccs4)nn3)CC2)c1. The van der Waals surface area contributed by atoms with Crippen molar-refractivity contribution in [2.45, 2.75) is 0 Å². The molecule has 1 fully saturated rings. The molecule has 4 rings (SSSR count). The van der Waals surface area contributed by atoms with Crippen molar-refractivity contribution in [1.82, 2.24) is 15.1 Å². The first-order valence-electron chi connectivity index (χ1n) is 9.33. The lowest BCUT2D eigenvalue weighted by molar-refractivity contribution is 0.0745. The lowest BCUT2D eigenvalue weighted by Crippen LogP contribution is -2.49. The Labute approximate surface area is 173 Å². The van der Waals surface area contributed by atoms with Gasteiger partial charge in [0.05, 0.1) is 19.1 Å². The van der Waals surface area contributed by atoms with Crippen molar-refractivity contribution in [3.05, 3.63) is 53.4 Å². The zero-order valence-corrected chi connectivity index (χ0v) is 17.2. The highest BCUT2D eigenvalue weighted by Crippen LogP contribution is 2.25. The topological polar surface area (TPSA) is 67.8 Å². The molecule has 1 amide bonds. The minimum Gasteiger partial charge on any atom is -0.497 e. The molecule has 3 aromatic rings.